The molecule has 140 valence electrons. The summed E-state index contributed by atoms with van der Waals surface area (Å²) >= 11 is 0. The van der Waals surface area contributed by atoms with Crippen LogP contribution in [-0.4, -0.2) is 77.8 Å². The number of nitro groups is 1. The van der Waals surface area contributed by atoms with Gasteiger partial charge in [-0.2, -0.15) is 0 Å². The maximum Gasteiger partial charge on any atom is 0.269 e. The molecular weight excluding hydrogens is 336 g/mol. The van der Waals surface area contributed by atoms with Gasteiger partial charge in [0.05, 0.1) is 4.92 Å². The maximum atomic E-state index is 12.6. The van der Waals surface area contributed by atoms with Crippen LogP contribution in [0.1, 0.15) is 23.2 Å². The molecule has 0 unspecified atom stereocenters. The Morgan fingerprint density at radius 2 is 1.54 bits per heavy atom. The Balaban J connectivity index is 1.53. The second kappa shape index (κ2) is 7.82. The molecule has 1 aromatic carbocycles. The van der Waals surface area contributed by atoms with Crippen molar-refractivity contribution >= 4 is 17.5 Å². The molecule has 0 radical (unpaired) electrons. The Morgan fingerprint density at radius 3 is 2.08 bits per heavy atom. The quantitative estimate of drug-likeness (QED) is 0.597. The predicted octanol–water partition coefficient (Wildman–Crippen LogP) is 1.22. The van der Waals surface area contributed by atoms with Crippen molar-refractivity contribution in [3.8, 4) is 0 Å². The molecule has 0 bridgehead atoms. The van der Waals surface area contributed by atoms with Crippen LogP contribution in [0.5, 0.6) is 0 Å². The summed E-state index contributed by atoms with van der Waals surface area (Å²) in [6, 6.07) is 5.66. The van der Waals surface area contributed by atoms with Crippen LogP contribution in [0.15, 0.2) is 24.3 Å². The summed E-state index contributed by atoms with van der Waals surface area (Å²) in [6.45, 7) is 4.45. The van der Waals surface area contributed by atoms with Crippen molar-refractivity contribution in [2.75, 3.05) is 46.3 Å². The van der Waals surface area contributed by atoms with Crippen molar-refractivity contribution in [2.24, 2.45) is 5.92 Å². The average molecular weight is 360 g/mol. The van der Waals surface area contributed by atoms with E-state index in [4.69, 9.17) is 0 Å². The van der Waals surface area contributed by atoms with Crippen LogP contribution in [0.4, 0.5) is 5.69 Å². The van der Waals surface area contributed by atoms with Crippen LogP contribution in [0.2, 0.25) is 0 Å². The molecule has 0 atom stereocenters. The number of likely N-dealkylation sites (tertiary alicyclic amines) is 1. The third-order valence-electron chi connectivity index (χ3n) is 5.27. The van der Waals surface area contributed by atoms with Gasteiger partial charge in [-0.1, -0.05) is 0 Å². The number of carbonyl (C=O) groups excluding carboxylic acids is 2. The minimum absolute atomic E-state index is 0.0145. The number of nitro benzene ring substituents is 1. The highest BCUT2D eigenvalue weighted by Crippen LogP contribution is 2.22. The van der Waals surface area contributed by atoms with Crippen molar-refractivity contribution in [3.63, 3.8) is 0 Å². The molecule has 8 nitrogen and oxygen atoms in total. The average Bonchev–Trinajstić information content (AvgIpc) is 2.67. The minimum Gasteiger partial charge on any atom is -0.340 e. The summed E-state index contributed by atoms with van der Waals surface area (Å²) in [5, 5.41) is 10.7. The highest BCUT2D eigenvalue weighted by atomic mass is 16.6. The first kappa shape index (κ1) is 18.3. The topological polar surface area (TPSA) is 87.0 Å². The van der Waals surface area contributed by atoms with Crippen molar-refractivity contribution in [1.82, 2.24) is 14.7 Å². The summed E-state index contributed by atoms with van der Waals surface area (Å²) in [5.41, 5.74) is 0.414. The number of carbonyl (C=O) groups is 2. The van der Waals surface area contributed by atoms with E-state index >= 15 is 0 Å². The van der Waals surface area contributed by atoms with E-state index in [0.717, 1.165) is 26.2 Å². The van der Waals surface area contributed by atoms with E-state index < -0.39 is 4.92 Å². The molecule has 2 aliphatic heterocycles. The fourth-order valence-corrected chi connectivity index (χ4v) is 3.52. The van der Waals surface area contributed by atoms with Crippen LogP contribution in [0.3, 0.4) is 0 Å². The van der Waals surface area contributed by atoms with Crippen LogP contribution >= 0.6 is 0 Å². The summed E-state index contributed by atoms with van der Waals surface area (Å²) in [7, 11) is 2.06. The molecule has 1 aromatic rings. The first-order chi connectivity index (χ1) is 12.5. The molecule has 0 N–H and O–H groups in total. The molecule has 2 saturated heterocycles. The number of nitrogens with zero attached hydrogens (tertiary/aromatic N) is 4. The largest absolute Gasteiger partial charge is 0.340 e. The van der Waals surface area contributed by atoms with Crippen molar-refractivity contribution in [1.29, 1.82) is 0 Å². The number of rotatable bonds is 3. The van der Waals surface area contributed by atoms with E-state index in [1.54, 1.807) is 4.90 Å². The molecule has 26 heavy (non-hydrogen) atoms. The zero-order chi connectivity index (χ0) is 18.7. The van der Waals surface area contributed by atoms with Gasteiger partial charge in [-0.15, -0.1) is 0 Å². The second-order valence-electron chi connectivity index (χ2n) is 7.00. The van der Waals surface area contributed by atoms with Crippen molar-refractivity contribution in [2.45, 2.75) is 12.8 Å². The number of amides is 2. The standard InChI is InChI=1S/C18H24N4O4/c1-19-10-12-21(13-11-19)18(24)15-6-8-20(9-7-15)17(23)14-2-4-16(5-3-14)22(25)26/h2-5,15H,6-13H2,1H3. The normalized spacial score (nSPS) is 19.4. The minimum atomic E-state index is -0.482. The summed E-state index contributed by atoms with van der Waals surface area (Å²) in [4.78, 5) is 41.3. The first-order valence-corrected chi connectivity index (χ1v) is 8.97. The lowest BCUT2D eigenvalue weighted by atomic mass is 9.94. The van der Waals surface area contributed by atoms with Gasteiger partial charge >= 0.3 is 0 Å². The second-order valence-corrected chi connectivity index (χ2v) is 7.00. The predicted molar refractivity (Wildman–Crippen MR) is 95.8 cm³/mol. The lowest BCUT2D eigenvalue weighted by Crippen LogP contribution is -2.51. The molecule has 8 heteroatoms. The number of piperidine rings is 1. The van der Waals surface area contributed by atoms with Gasteiger partial charge in [-0.05, 0) is 32.0 Å². The molecule has 2 heterocycles. The molecule has 2 fully saturated rings. The highest BCUT2D eigenvalue weighted by Gasteiger charge is 2.31. The number of benzene rings is 1. The number of hydrogen-bond acceptors (Lipinski definition) is 5. The fraction of sp³-hybridized carbons (Fsp3) is 0.556. The van der Waals surface area contributed by atoms with Crippen LogP contribution in [0.25, 0.3) is 0 Å². The van der Waals surface area contributed by atoms with Crippen LogP contribution in [-0.2, 0) is 4.79 Å². The highest BCUT2D eigenvalue weighted by molar-refractivity contribution is 5.94. The molecular formula is C18H24N4O4. The molecule has 0 aromatic heterocycles. The lowest BCUT2D eigenvalue weighted by molar-refractivity contribution is -0.384. The van der Waals surface area contributed by atoms with Gasteiger partial charge in [0.2, 0.25) is 5.91 Å². The maximum absolute atomic E-state index is 12.6. The Hall–Kier alpha value is -2.48. The van der Waals surface area contributed by atoms with E-state index in [-0.39, 0.29) is 23.4 Å². The van der Waals surface area contributed by atoms with Crippen LogP contribution < -0.4 is 0 Å². The number of non-ortho nitro benzene ring substituents is 1. The Labute approximate surface area is 152 Å². The molecule has 0 saturated carbocycles. The van der Waals surface area contributed by atoms with E-state index in [9.17, 15) is 19.7 Å². The van der Waals surface area contributed by atoms with Gasteiger partial charge in [0.15, 0.2) is 0 Å². The van der Waals surface area contributed by atoms with E-state index in [1.807, 2.05) is 4.90 Å². The molecule has 3 rings (SSSR count). The van der Waals surface area contributed by atoms with Gasteiger partial charge in [0, 0.05) is 62.9 Å². The first-order valence-electron chi connectivity index (χ1n) is 8.97. The van der Waals surface area contributed by atoms with Crippen molar-refractivity contribution in [3.05, 3.63) is 39.9 Å². The summed E-state index contributed by atoms with van der Waals surface area (Å²) in [5.74, 6) is 0.0604. The summed E-state index contributed by atoms with van der Waals surface area (Å²) < 4.78 is 0. The molecule has 0 aliphatic carbocycles. The Bertz CT molecular complexity index is 675. The van der Waals surface area contributed by atoms with Gasteiger partial charge in [-0.3, -0.25) is 19.7 Å². The van der Waals surface area contributed by atoms with Crippen LogP contribution in [0, 0.1) is 16.0 Å². The third kappa shape index (κ3) is 4.01. The van der Waals surface area contributed by atoms with Crippen molar-refractivity contribution < 1.29 is 14.5 Å². The molecule has 0 spiro atoms. The van der Waals surface area contributed by atoms with Gasteiger partial charge in [-0.25, -0.2) is 0 Å². The lowest BCUT2D eigenvalue weighted by Gasteiger charge is -2.37. The smallest absolute Gasteiger partial charge is 0.269 e. The number of piperazine rings is 1. The Morgan fingerprint density at radius 1 is 0.962 bits per heavy atom. The summed E-state index contributed by atoms with van der Waals surface area (Å²) in [6.07, 6.45) is 1.34. The van der Waals surface area contributed by atoms with Gasteiger partial charge < -0.3 is 14.7 Å². The third-order valence-corrected chi connectivity index (χ3v) is 5.27. The fourth-order valence-electron chi connectivity index (χ4n) is 3.52. The van der Waals surface area contributed by atoms with E-state index in [0.29, 0.717) is 31.5 Å². The molecule has 2 amide bonds. The Kier molecular flexibility index (Phi) is 5.51. The molecule has 2 aliphatic rings. The monoisotopic (exact) mass is 360 g/mol. The zero-order valence-corrected chi connectivity index (χ0v) is 15.0. The van der Waals surface area contributed by atoms with Gasteiger partial charge in [0.25, 0.3) is 11.6 Å². The zero-order valence-electron chi connectivity index (χ0n) is 15.0. The van der Waals surface area contributed by atoms with E-state index in [1.165, 1.54) is 24.3 Å². The number of likely N-dealkylation sites (N-methyl/N-ethyl adjacent to an activating group) is 1. The van der Waals surface area contributed by atoms with Gasteiger partial charge in [0.1, 0.15) is 0 Å². The SMILES string of the molecule is CN1CCN(C(=O)C2CCN(C(=O)c3ccc([N+](=O)[O-])cc3)CC2)CC1. The number of hydrogen-bond donors (Lipinski definition) is 0. The van der Waals surface area contributed by atoms with E-state index in [2.05, 4.69) is 11.9 Å².